The van der Waals surface area contributed by atoms with Gasteiger partial charge in [-0.2, -0.15) is 0 Å². The van der Waals surface area contributed by atoms with Crippen LogP contribution >= 0.6 is 0 Å². The number of hydrogen-bond acceptors (Lipinski definition) is 2. The van der Waals surface area contributed by atoms with Gasteiger partial charge in [-0.15, -0.1) is 0 Å². The Balaban J connectivity index is 1.80. The molecule has 2 heteroatoms. The Bertz CT molecular complexity index is 235. The van der Waals surface area contributed by atoms with E-state index in [1.54, 1.807) is 0 Å². The van der Waals surface area contributed by atoms with Crippen molar-refractivity contribution >= 4 is 0 Å². The highest BCUT2D eigenvalue weighted by atomic mass is 16.5. The maximum atomic E-state index is 6.61. The smallest absolute Gasteiger partial charge is 0.0576 e. The highest BCUT2D eigenvalue weighted by Crippen LogP contribution is 2.38. The average Bonchev–Trinajstić information content (AvgIpc) is 2.79. The minimum absolute atomic E-state index is 0.110. The van der Waals surface area contributed by atoms with Gasteiger partial charge in [0.15, 0.2) is 0 Å². The van der Waals surface area contributed by atoms with Crippen LogP contribution in [0.3, 0.4) is 0 Å². The summed E-state index contributed by atoms with van der Waals surface area (Å²) in [5.41, 5.74) is 6.72. The van der Waals surface area contributed by atoms with Crippen LogP contribution in [0.1, 0.15) is 65.2 Å². The fraction of sp³-hybridized carbons (Fsp3) is 1.00. The molecule has 1 aliphatic carbocycles. The van der Waals surface area contributed by atoms with Crippen molar-refractivity contribution in [3.05, 3.63) is 0 Å². The van der Waals surface area contributed by atoms with Crippen LogP contribution in [0, 0.1) is 11.8 Å². The minimum atomic E-state index is 0.110. The molecule has 0 radical (unpaired) electrons. The number of ether oxygens (including phenoxy) is 1. The van der Waals surface area contributed by atoms with E-state index in [1.807, 2.05) is 0 Å². The maximum absolute atomic E-state index is 6.61. The van der Waals surface area contributed by atoms with E-state index in [1.165, 1.54) is 51.4 Å². The first kappa shape index (κ1) is 13.4. The maximum Gasteiger partial charge on any atom is 0.0576 e. The molecule has 0 bridgehead atoms. The zero-order chi connectivity index (χ0) is 12.3. The Morgan fingerprint density at radius 1 is 1.29 bits per heavy atom. The summed E-state index contributed by atoms with van der Waals surface area (Å²) in [5, 5.41) is 0. The molecule has 2 N–H and O–H groups in total. The lowest BCUT2D eigenvalue weighted by atomic mass is 9.70. The van der Waals surface area contributed by atoms with E-state index >= 15 is 0 Å². The van der Waals surface area contributed by atoms with E-state index in [9.17, 15) is 0 Å². The van der Waals surface area contributed by atoms with Gasteiger partial charge in [0.1, 0.15) is 0 Å². The summed E-state index contributed by atoms with van der Waals surface area (Å²) in [5.74, 6) is 1.64. The molecule has 0 aromatic carbocycles. The number of nitrogens with two attached hydrogens (primary N) is 1. The van der Waals surface area contributed by atoms with Gasteiger partial charge >= 0.3 is 0 Å². The van der Waals surface area contributed by atoms with Crippen molar-refractivity contribution in [1.82, 2.24) is 0 Å². The largest absolute Gasteiger partial charge is 0.378 e. The Kier molecular flexibility index (Phi) is 4.48. The number of hydrogen-bond donors (Lipinski definition) is 1. The first-order chi connectivity index (χ1) is 8.09. The summed E-state index contributed by atoms with van der Waals surface area (Å²) in [6.07, 6.45) is 10.5. The molecular formula is C15H29NO. The fourth-order valence-electron chi connectivity index (χ4n) is 3.56. The fourth-order valence-corrected chi connectivity index (χ4v) is 3.56. The Morgan fingerprint density at radius 2 is 2.12 bits per heavy atom. The molecule has 0 aromatic rings. The topological polar surface area (TPSA) is 35.2 Å². The predicted molar refractivity (Wildman–Crippen MR) is 71.9 cm³/mol. The molecule has 0 spiro atoms. The molecule has 0 amide bonds. The van der Waals surface area contributed by atoms with Crippen molar-refractivity contribution in [2.45, 2.75) is 76.9 Å². The Labute approximate surface area is 106 Å². The first-order valence-electron chi connectivity index (χ1n) is 7.49. The van der Waals surface area contributed by atoms with E-state index in [-0.39, 0.29) is 5.54 Å². The van der Waals surface area contributed by atoms with E-state index in [0.29, 0.717) is 6.10 Å². The van der Waals surface area contributed by atoms with Crippen molar-refractivity contribution in [2.24, 2.45) is 17.6 Å². The number of rotatable bonds is 4. The quantitative estimate of drug-likeness (QED) is 0.815. The van der Waals surface area contributed by atoms with E-state index in [4.69, 9.17) is 10.5 Å². The third kappa shape index (κ3) is 3.69. The normalized spacial score (nSPS) is 38.8. The Morgan fingerprint density at radius 3 is 2.76 bits per heavy atom. The molecular weight excluding hydrogens is 210 g/mol. The molecule has 1 heterocycles. The van der Waals surface area contributed by atoms with Gasteiger partial charge in [0.05, 0.1) is 6.10 Å². The molecule has 0 aromatic heterocycles. The zero-order valence-electron chi connectivity index (χ0n) is 11.6. The lowest BCUT2D eigenvalue weighted by Gasteiger charge is -2.40. The molecule has 2 fully saturated rings. The van der Waals surface area contributed by atoms with E-state index < -0.39 is 0 Å². The molecule has 1 aliphatic heterocycles. The molecule has 17 heavy (non-hydrogen) atoms. The summed E-state index contributed by atoms with van der Waals surface area (Å²) in [6, 6.07) is 0. The molecule has 1 saturated heterocycles. The third-order valence-corrected chi connectivity index (χ3v) is 4.85. The van der Waals surface area contributed by atoms with Crippen LogP contribution in [0.2, 0.25) is 0 Å². The monoisotopic (exact) mass is 239 g/mol. The van der Waals surface area contributed by atoms with Crippen molar-refractivity contribution < 1.29 is 4.74 Å². The summed E-state index contributed by atoms with van der Waals surface area (Å²) >= 11 is 0. The minimum Gasteiger partial charge on any atom is -0.378 e. The van der Waals surface area contributed by atoms with Crippen molar-refractivity contribution in [3.8, 4) is 0 Å². The van der Waals surface area contributed by atoms with Gasteiger partial charge in [-0.3, -0.25) is 0 Å². The first-order valence-corrected chi connectivity index (χ1v) is 7.49. The lowest BCUT2D eigenvalue weighted by Crippen LogP contribution is -2.45. The van der Waals surface area contributed by atoms with Crippen molar-refractivity contribution in [2.75, 3.05) is 6.61 Å². The standard InChI is InChI=1S/C15H29NO/c1-12(2)13-5-3-8-15(16,11-13)9-7-14-6-4-10-17-14/h12-14H,3-11,16H2,1-2H3. The SMILES string of the molecule is CC(C)C1CCCC(N)(CCC2CCCO2)C1. The van der Waals surface area contributed by atoms with Gasteiger partial charge in [-0.25, -0.2) is 0 Å². The summed E-state index contributed by atoms with van der Waals surface area (Å²) in [7, 11) is 0. The summed E-state index contributed by atoms with van der Waals surface area (Å²) < 4.78 is 5.71. The van der Waals surface area contributed by atoms with Crippen LogP contribution in [-0.4, -0.2) is 18.2 Å². The van der Waals surface area contributed by atoms with Crippen LogP contribution in [-0.2, 0) is 4.74 Å². The van der Waals surface area contributed by atoms with Crippen LogP contribution in [0.4, 0.5) is 0 Å². The van der Waals surface area contributed by atoms with Crippen molar-refractivity contribution in [3.63, 3.8) is 0 Å². The molecule has 1 saturated carbocycles. The third-order valence-electron chi connectivity index (χ3n) is 4.85. The van der Waals surface area contributed by atoms with Gasteiger partial charge in [0.2, 0.25) is 0 Å². The highest BCUT2D eigenvalue weighted by molar-refractivity contribution is 4.92. The van der Waals surface area contributed by atoms with E-state index in [0.717, 1.165) is 18.4 Å². The van der Waals surface area contributed by atoms with Gasteiger partial charge in [0.25, 0.3) is 0 Å². The second kappa shape index (κ2) is 5.71. The van der Waals surface area contributed by atoms with Gasteiger partial charge < -0.3 is 10.5 Å². The molecule has 100 valence electrons. The van der Waals surface area contributed by atoms with Gasteiger partial charge in [-0.05, 0) is 50.4 Å². The molecule has 3 unspecified atom stereocenters. The van der Waals surface area contributed by atoms with Crippen LogP contribution in [0.25, 0.3) is 0 Å². The second-order valence-corrected chi connectivity index (χ2v) is 6.64. The highest BCUT2D eigenvalue weighted by Gasteiger charge is 2.34. The zero-order valence-corrected chi connectivity index (χ0v) is 11.6. The summed E-state index contributed by atoms with van der Waals surface area (Å²) in [4.78, 5) is 0. The second-order valence-electron chi connectivity index (χ2n) is 6.64. The van der Waals surface area contributed by atoms with Crippen LogP contribution in [0.15, 0.2) is 0 Å². The predicted octanol–water partition coefficient (Wildman–Crippen LogP) is 3.49. The van der Waals surface area contributed by atoms with Crippen molar-refractivity contribution in [1.29, 1.82) is 0 Å². The molecule has 3 atom stereocenters. The lowest BCUT2D eigenvalue weighted by molar-refractivity contribution is 0.0861. The molecule has 2 aliphatic rings. The summed E-state index contributed by atoms with van der Waals surface area (Å²) in [6.45, 7) is 5.66. The molecule has 2 nitrogen and oxygen atoms in total. The van der Waals surface area contributed by atoms with Gasteiger partial charge in [0, 0.05) is 12.1 Å². The van der Waals surface area contributed by atoms with Crippen LogP contribution < -0.4 is 5.73 Å². The van der Waals surface area contributed by atoms with Crippen LogP contribution in [0.5, 0.6) is 0 Å². The van der Waals surface area contributed by atoms with E-state index in [2.05, 4.69) is 13.8 Å². The average molecular weight is 239 g/mol. The van der Waals surface area contributed by atoms with Gasteiger partial charge in [-0.1, -0.05) is 26.7 Å². The molecule has 2 rings (SSSR count). The Hall–Kier alpha value is -0.0800.